The first-order valence-corrected chi connectivity index (χ1v) is 7.79. The van der Waals surface area contributed by atoms with Crippen molar-refractivity contribution in [2.75, 3.05) is 5.32 Å². The highest BCUT2D eigenvalue weighted by Crippen LogP contribution is 2.19. The van der Waals surface area contributed by atoms with E-state index < -0.39 is 0 Å². The molecule has 1 heterocycles. The quantitative estimate of drug-likeness (QED) is 0.908. The summed E-state index contributed by atoms with van der Waals surface area (Å²) >= 11 is 0. The van der Waals surface area contributed by atoms with Crippen molar-refractivity contribution >= 4 is 17.3 Å². The summed E-state index contributed by atoms with van der Waals surface area (Å²) in [4.78, 5) is 16.4. The Morgan fingerprint density at radius 1 is 1.13 bits per heavy atom. The first kappa shape index (κ1) is 15.0. The van der Waals surface area contributed by atoms with Gasteiger partial charge < -0.3 is 10.6 Å². The second-order valence-electron chi connectivity index (χ2n) is 5.70. The fourth-order valence-corrected chi connectivity index (χ4v) is 2.76. The van der Waals surface area contributed by atoms with E-state index in [1.807, 2.05) is 18.2 Å². The molecule has 0 atom stereocenters. The van der Waals surface area contributed by atoms with Gasteiger partial charge in [0.05, 0.1) is 11.6 Å². The van der Waals surface area contributed by atoms with Gasteiger partial charge in [0, 0.05) is 23.6 Å². The lowest BCUT2D eigenvalue weighted by molar-refractivity contribution is 0.0933. The van der Waals surface area contributed by atoms with Crippen LogP contribution in [0.4, 0.5) is 11.4 Å². The van der Waals surface area contributed by atoms with Crippen molar-refractivity contribution < 1.29 is 4.79 Å². The summed E-state index contributed by atoms with van der Waals surface area (Å²) in [6.07, 6.45) is 6.08. The first-order chi connectivity index (χ1) is 11.2. The molecule has 1 saturated carbocycles. The first-order valence-electron chi connectivity index (χ1n) is 7.79. The van der Waals surface area contributed by atoms with Crippen molar-refractivity contribution in [2.24, 2.45) is 0 Å². The molecule has 3 rings (SSSR count). The molecule has 0 radical (unpaired) electrons. The molecule has 1 aromatic carbocycles. The van der Waals surface area contributed by atoms with Crippen LogP contribution in [0.15, 0.2) is 42.6 Å². The molecule has 1 amide bonds. The third kappa shape index (κ3) is 3.86. The molecular weight excluding hydrogens is 288 g/mol. The molecule has 1 aliphatic rings. The average Bonchev–Trinajstić information content (AvgIpc) is 3.09. The minimum atomic E-state index is -0.125. The standard InChI is InChI=1S/C18H18N4O/c19-12-13-5-7-15(8-6-13)21-16-9-10-20-17(11-16)18(23)22-14-3-1-2-4-14/h5-11,14H,1-4H2,(H,20,21)(H,22,23). The van der Waals surface area contributed by atoms with Gasteiger partial charge >= 0.3 is 0 Å². The molecule has 2 N–H and O–H groups in total. The molecule has 1 aromatic heterocycles. The van der Waals surface area contributed by atoms with Gasteiger partial charge in [0.25, 0.3) is 5.91 Å². The number of hydrogen-bond donors (Lipinski definition) is 2. The summed E-state index contributed by atoms with van der Waals surface area (Å²) < 4.78 is 0. The topological polar surface area (TPSA) is 77.8 Å². The molecule has 5 nitrogen and oxygen atoms in total. The van der Waals surface area contributed by atoms with Crippen molar-refractivity contribution in [1.82, 2.24) is 10.3 Å². The van der Waals surface area contributed by atoms with E-state index in [0.717, 1.165) is 24.2 Å². The number of amides is 1. The minimum absolute atomic E-state index is 0.125. The summed E-state index contributed by atoms with van der Waals surface area (Å²) in [7, 11) is 0. The molecule has 0 bridgehead atoms. The Hall–Kier alpha value is -2.87. The molecule has 1 fully saturated rings. The third-order valence-corrected chi connectivity index (χ3v) is 3.99. The van der Waals surface area contributed by atoms with Gasteiger partial charge in [-0.05, 0) is 49.2 Å². The Morgan fingerprint density at radius 2 is 1.87 bits per heavy atom. The van der Waals surface area contributed by atoms with Crippen LogP contribution < -0.4 is 10.6 Å². The lowest BCUT2D eigenvalue weighted by Gasteiger charge is -2.12. The van der Waals surface area contributed by atoms with Crippen molar-refractivity contribution in [1.29, 1.82) is 5.26 Å². The summed E-state index contributed by atoms with van der Waals surface area (Å²) in [5, 5.41) is 15.1. The number of carbonyl (C=O) groups is 1. The van der Waals surface area contributed by atoms with E-state index in [4.69, 9.17) is 5.26 Å². The number of hydrogen-bond acceptors (Lipinski definition) is 4. The highest BCUT2D eigenvalue weighted by molar-refractivity contribution is 5.93. The molecule has 2 aromatic rings. The third-order valence-electron chi connectivity index (χ3n) is 3.99. The van der Waals surface area contributed by atoms with Gasteiger partial charge in [0.15, 0.2) is 0 Å². The zero-order valence-electron chi connectivity index (χ0n) is 12.7. The van der Waals surface area contributed by atoms with E-state index >= 15 is 0 Å². The van der Waals surface area contributed by atoms with Gasteiger partial charge in [-0.1, -0.05) is 12.8 Å². The highest BCUT2D eigenvalue weighted by Gasteiger charge is 2.18. The Labute approximate surface area is 135 Å². The van der Waals surface area contributed by atoms with Gasteiger partial charge in [0.2, 0.25) is 0 Å². The monoisotopic (exact) mass is 306 g/mol. The number of nitriles is 1. The van der Waals surface area contributed by atoms with Gasteiger partial charge in [-0.25, -0.2) is 0 Å². The Balaban J connectivity index is 1.68. The van der Waals surface area contributed by atoms with Gasteiger partial charge in [-0.15, -0.1) is 0 Å². The molecule has 0 saturated heterocycles. The number of anilines is 2. The van der Waals surface area contributed by atoms with Crippen LogP contribution in [0.2, 0.25) is 0 Å². The number of pyridine rings is 1. The van der Waals surface area contributed by atoms with Crippen LogP contribution >= 0.6 is 0 Å². The second kappa shape index (κ2) is 6.93. The van der Waals surface area contributed by atoms with E-state index in [9.17, 15) is 4.79 Å². The maximum absolute atomic E-state index is 12.3. The Morgan fingerprint density at radius 3 is 2.57 bits per heavy atom. The maximum atomic E-state index is 12.3. The lowest BCUT2D eigenvalue weighted by atomic mass is 10.2. The predicted molar refractivity (Wildman–Crippen MR) is 88.4 cm³/mol. The SMILES string of the molecule is N#Cc1ccc(Nc2ccnc(C(=O)NC3CCCC3)c2)cc1. The number of rotatable bonds is 4. The molecular formula is C18H18N4O. The summed E-state index contributed by atoms with van der Waals surface area (Å²) in [5.74, 6) is -0.125. The normalized spacial score (nSPS) is 14.2. The van der Waals surface area contributed by atoms with Crippen LogP contribution in [0.3, 0.4) is 0 Å². The number of benzene rings is 1. The van der Waals surface area contributed by atoms with Crippen molar-refractivity contribution in [3.05, 3.63) is 53.9 Å². The number of carbonyl (C=O) groups excluding carboxylic acids is 1. The van der Waals surface area contributed by atoms with E-state index in [1.54, 1.807) is 24.4 Å². The summed E-state index contributed by atoms with van der Waals surface area (Å²) in [5.41, 5.74) is 2.68. The fraction of sp³-hybridized carbons (Fsp3) is 0.278. The Kier molecular flexibility index (Phi) is 4.53. The van der Waals surface area contributed by atoms with Crippen LogP contribution in [-0.2, 0) is 0 Å². The fourth-order valence-electron chi connectivity index (χ4n) is 2.76. The molecule has 23 heavy (non-hydrogen) atoms. The highest BCUT2D eigenvalue weighted by atomic mass is 16.1. The van der Waals surface area contributed by atoms with Gasteiger partial charge in [-0.2, -0.15) is 5.26 Å². The molecule has 0 aliphatic heterocycles. The molecule has 5 heteroatoms. The molecule has 1 aliphatic carbocycles. The van der Waals surface area contributed by atoms with Crippen LogP contribution in [-0.4, -0.2) is 16.9 Å². The van der Waals surface area contributed by atoms with E-state index in [1.165, 1.54) is 12.8 Å². The van der Waals surface area contributed by atoms with Crippen molar-refractivity contribution in [3.8, 4) is 6.07 Å². The number of nitrogens with one attached hydrogen (secondary N) is 2. The van der Waals surface area contributed by atoms with Crippen LogP contribution in [0.25, 0.3) is 0 Å². The summed E-state index contributed by atoms with van der Waals surface area (Å²) in [6, 6.07) is 13.1. The largest absolute Gasteiger partial charge is 0.355 e. The van der Waals surface area contributed by atoms with Crippen LogP contribution in [0.1, 0.15) is 41.7 Å². The van der Waals surface area contributed by atoms with E-state index in [-0.39, 0.29) is 11.9 Å². The Bertz CT molecular complexity index is 727. The van der Waals surface area contributed by atoms with Crippen LogP contribution in [0.5, 0.6) is 0 Å². The van der Waals surface area contributed by atoms with Crippen molar-refractivity contribution in [3.63, 3.8) is 0 Å². The predicted octanol–water partition coefficient (Wildman–Crippen LogP) is 3.37. The number of aromatic nitrogens is 1. The minimum Gasteiger partial charge on any atom is -0.355 e. The molecule has 0 unspecified atom stereocenters. The van der Waals surface area contributed by atoms with Crippen LogP contribution in [0, 0.1) is 11.3 Å². The maximum Gasteiger partial charge on any atom is 0.270 e. The molecule has 116 valence electrons. The molecule has 0 spiro atoms. The average molecular weight is 306 g/mol. The summed E-state index contributed by atoms with van der Waals surface area (Å²) in [6.45, 7) is 0. The van der Waals surface area contributed by atoms with E-state index in [0.29, 0.717) is 11.3 Å². The lowest BCUT2D eigenvalue weighted by Crippen LogP contribution is -2.33. The second-order valence-corrected chi connectivity index (χ2v) is 5.70. The smallest absolute Gasteiger partial charge is 0.270 e. The van der Waals surface area contributed by atoms with Gasteiger partial charge in [0.1, 0.15) is 5.69 Å². The van der Waals surface area contributed by atoms with Gasteiger partial charge in [-0.3, -0.25) is 9.78 Å². The van der Waals surface area contributed by atoms with E-state index in [2.05, 4.69) is 21.7 Å². The number of nitrogens with zero attached hydrogens (tertiary/aromatic N) is 2. The zero-order valence-corrected chi connectivity index (χ0v) is 12.7. The van der Waals surface area contributed by atoms with Crippen molar-refractivity contribution in [2.45, 2.75) is 31.7 Å². The zero-order chi connectivity index (χ0) is 16.1.